The molecule has 3 rings (SSSR count). The van der Waals surface area contributed by atoms with Gasteiger partial charge in [0, 0.05) is 0 Å². The quantitative estimate of drug-likeness (QED) is 0.888. The van der Waals surface area contributed by atoms with E-state index in [4.69, 9.17) is 10.5 Å². The van der Waals surface area contributed by atoms with Crippen molar-refractivity contribution in [3.63, 3.8) is 0 Å². The van der Waals surface area contributed by atoms with Crippen LogP contribution < -0.4 is 11.1 Å². The van der Waals surface area contributed by atoms with Gasteiger partial charge in [0.25, 0.3) is 0 Å². The highest BCUT2D eigenvalue weighted by atomic mass is 35.5. The van der Waals surface area contributed by atoms with Crippen molar-refractivity contribution in [3.05, 3.63) is 24.0 Å². The minimum Gasteiger partial charge on any atom is -0.378 e. The van der Waals surface area contributed by atoms with E-state index in [0.717, 1.165) is 15.3 Å². The van der Waals surface area contributed by atoms with Crippen LogP contribution in [0.2, 0.25) is 0 Å². The van der Waals surface area contributed by atoms with Gasteiger partial charge >= 0.3 is 0 Å². The fraction of sp³-hybridized carbons (Fsp3) is 0.364. The summed E-state index contributed by atoms with van der Waals surface area (Å²) in [6, 6.07) is 4.65. The normalized spacial score (nSPS) is 23.0. The molecule has 0 bridgehead atoms. The lowest BCUT2D eigenvalue weighted by Gasteiger charge is -2.13. The fourth-order valence-corrected chi connectivity index (χ4v) is 2.79. The predicted octanol–water partition coefficient (Wildman–Crippen LogP) is 2.00. The van der Waals surface area contributed by atoms with E-state index in [1.54, 1.807) is 6.07 Å². The summed E-state index contributed by atoms with van der Waals surface area (Å²) in [6.07, 6.45) is 0. The number of nitrogens with zero attached hydrogens (tertiary/aromatic N) is 1. The SMILES string of the molecule is Cl.N[C@H]1COC[C@@H]1Nc1nc2ccc(F)cc2s1. The molecule has 1 aliphatic heterocycles. The highest BCUT2D eigenvalue weighted by molar-refractivity contribution is 7.22. The number of nitrogens with two attached hydrogens (primary N) is 1. The maximum atomic E-state index is 13.0. The van der Waals surface area contributed by atoms with E-state index in [-0.39, 0.29) is 30.3 Å². The number of benzene rings is 1. The third-order valence-corrected chi connectivity index (χ3v) is 3.73. The van der Waals surface area contributed by atoms with Crippen molar-refractivity contribution >= 4 is 39.1 Å². The lowest BCUT2D eigenvalue weighted by atomic mass is 10.2. The summed E-state index contributed by atoms with van der Waals surface area (Å²) in [4.78, 5) is 4.38. The van der Waals surface area contributed by atoms with Crippen molar-refractivity contribution in [1.29, 1.82) is 0 Å². The topological polar surface area (TPSA) is 60.2 Å². The summed E-state index contributed by atoms with van der Waals surface area (Å²) in [5.74, 6) is -0.242. The maximum absolute atomic E-state index is 13.0. The number of ether oxygens (including phenoxy) is 1. The molecule has 7 heteroatoms. The summed E-state index contributed by atoms with van der Waals surface area (Å²) in [5.41, 5.74) is 6.67. The molecule has 1 aliphatic rings. The van der Waals surface area contributed by atoms with Gasteiger partial charge < -0.3 is 15.8 Å². The molecule has 2 aromatic rings. The van der Waals surface area contributed by atoms with Crippen molar-refractivity contribution in [2.24, 2.45) is 5.73 Å². The number of hydrogen-bond donors (Lipinski definition) is 2. The van der Waals surface area contributed by atoms with Crippen LogP contribution in [0.5, 0.6) is 0 Å². The molecule has 1 fully saturated rings. The van der Waals surface area contributed by atoms with Gasteiger partial charge in [-0.05, 0) is 18.2 Å². The first-order chi connectivity index (χ1) is 8.22. The first-order valence-corrected chi connectivity index (χ1v) is 6.20. The molecule has 0 spiro atoms. The van der Waals surface area contributed by atoms with Crippen LogP contribution in [0.1, 0.15) is 0 Å². The largest absolute Gasteiger partial charge is 0.378 e. The molecule has 0 saturated carbocycles. The number of halogens is 2. The van der Waals surface area contributed by atoms with Crippen LogP contribution in [0.25, 0.3) is 10.2 Å². The van der Waals surface area contributed by atoms with Crippen LogP contribution in [0.15, 0.2) is 18.2 Å². The second-order valence-corrected chi connectivity index (χ2v) is 5.11. The number of anilines is 1. The van der Waals surface area contributed by atoms with Crippen LogP contribution in [-0.2, 0) is 4.74 Å². The van der Waals surface area contributed by atoms with Gasteiger partial charge in [-0.25, -0.2) is 9.37 Å². The molecule has 2 atom stereocenters. The Morgan fingerprint density at radius 1 is 1.44 bits per heavy atom. The van der Waals surface area contributed by atoms with Crippen LogP contribution in [0.4, 0.5) is 9.52 Å². The molecule has 1 saturated heterocycles. The molecule has 18 heavy (non-hydrogen) atoms. The van der Waals surface area contributed by atoms with Crippen LogP contribution >= 0.6 is 23.7 Å². The average molecular weight is 290 g/mol. The maximum Gasteiger partial charge on any atom is 0.184 e. The molecule has 0 radical (unpaired) electrons. The lowest BCUT2D eigenvalue weighted by Crippen LogP contribution is -2.38. The summed E-state index contributed by atoms with van der Waals surface area (Å²) >= 11 is 1.43. The molecule has 0 aliphatic carbocycles. The first-order valence-electron chi connectivity index (χ1n) is 5.38. The molecule has 98 valence electrons. The number of aromatic nitrogens is 1. The van der Waals surface area contributed by atoms with Crippen LogP contribution in [0.3, 0.4) is 0 Å². The number of fused-ring (bicyclic) bond motifs is 1. The van der Waals surface area contributed by atoms with E-state index < -0.39 is 0 Å². The Balaban J connectivity index is 0.00000120. The van der Waals surface area contributed by atoms with E-state index in [1.165, 1.54) is 23.5 Å². The smallest absolute Gasteiger partial charge is 0.184 e. The molecule has 2 heterocycles. The zero-order valence-corrected chi connectivity index (χ0v) is 11.1. The number of thiazole rings is 1. The predicted molar refractivity (Wildman–Crippen MR) is 73.0 cm³/mol. The summed E-state index contributed by atoms with van der Waals surface area (Å²) < 4.78 is 19.1. The van der Waals surface area contributed by atoms with Gasteiger partial charge in [-0.2, -0.15) is 0 Å². The Labute approximate surface area is 114 Å². The third kappa shape index (κ3) is 2.56. The average Bonchev–Trinajstić information content (AvgIpc) is 2.85. The van der Waals surface area contributed by atoms with Gasteiger partial charge in [-0.3, -0.25) is 0 Å². The number of hydrogen-bond acceptors (Lipinski definition) is 5. The highest BCUT2D eigenvalue weighted by Crippen LogP contribution is 2.27. The van der Waals surface area contributed by atoms with Crippen molar-refractivity contribution in [2.75, 3.05) is 18.5 Å². The highest BCUT2D eigenvalue weighted by Gasteiger charge is 2.25. The fourth-order valence-electron chi connectivity index (χ4n) is 1.84. The molecule has 1 aromatic heterocycles. The van der Waals surface area contributed by atoms with Gasteiger partial charge in [-0.1, -0.05) is 11.3 Å². The Kier molecular flexibility index (Phi) is 4.01. The van der Waals surface area contributed by atoms with Crippen molar-refractivity contribution in [3.8, 4) is 0 Å². The lowest BCUT2D eigenvalue weighted by molar-refractivity contribution is 0.192. The minimum atomic E-state index is -0.242. The zero-order valence-electron chi connectivity index (χ0n) is 9.43. The molecular formula is C11H13ClFN3OS. The van der Waals surface area contributed by atoms with Crippen LogP contribution in [-0.4, -0.2) is 30.3 Å². The van der Waals surface area contributed by atoms with E-state index in [0.29, 0.717) is 13.2 Å². The molecule has 3 N–H and O–H groups in total. The van der Waals surface area contributed by atoms with Gasteiger partial charge in [0.15, 0.2) is 5.13 Å². The summed E-state index contributed by atoms with van der Waals surface area (Å²) in [7, 11) is 0. The van der Waals surface area contributed by atoms with E-state index in [2.05, 4.69) is 10.3 Å². The van der Waals surface area contributed by atoms with Gasteiger partial charge in [0.05, 0.1) is 35.5 Å². The van der Waals surface area contributed by atoms with Crippen LogP contribution in [0, 0.1) is 5.82 Å². The standard InChI is InChI=1S/C11H12FN3OS.ClH/c12-6-1-2-8-10(3-6)17-11(14-8)15-9-5-16-4-7(9)13;/h1-3,7,9H,4-5,13H2,(H,14,15);1H/t7-,9-;/m0./s1. The molecule has 0 unspecified atom stereocenters. The monoisotopic (exact) mass is 289 g/mol. The Morgan fingerprint density at radius 3 is 3.00 bits per heavy atom. The molecule has 1 aromatic carbocycles. The van der Waals surface area contributed by atoms with E-state index in [9.17, 15) is 4.39 Å². The van der Waals surface area contributed by atoms with Gasteiger partial charge in [-0.15, -0.1) is 12.4 Å². The Hall–Kier alpha value is -0.950. The molecule has 4 nitrogen and oxygen atoms in total. The number of rotatable bonds is 2. The third-order valence-electron chi connectivity index (χ3n) is 2.78. The summed E-state index contributed by atoms with van der Waals surface area (Å²) in [6.45, 7) is 1.16. The van der Waals surface area contributed by atoms with Crippen molar-refractivity contribution < 1.29 is 9.13 Å². The molecular weight excluding hydrogens is 277 g/mol. The van der Waals surface area contributed by atoms with Crippen molar-refractivity contribution in [1.82, 2.24) is 4.98 Å². The van der Waals surface area contributed by atoms with Gasteiger partial charge in [0.2, 0.25) is 0 Å². The van der Waals surface area contributed by atoms with E-state index >= 15 is 0 Å². The van der Waals surface area contributed by atoms with E-state index in [1.807, 2.05) is 0 Å². The second-order valence-electron chi connectivity index (χ2n) is 4.08. The first kappa shape index (κ1) is 13.5. The Bertz CT molecular complexity index is 550. The number of nitrogens with one attached hydrogen (secondary N) is 1. The molecule has 0 amide bonds. The summed E-state index contributed by atoms with van der Waals surface area (Å²) in [5, 5.41) is 4.00. The Morgan fingerprint density at radius 2 is 2.28 bits per heavy atom. The zero-order chi connectivity index (χ0) is 11.8. The second kappa shape index (κ2) is 5.36. The van der Waals surface area contributed by atoms with Gasteiger partial charge in [0.1, 0.15) is 5.82 Å². The minimum absolute atomic E-state index is 0. The van der Waals surface area contributed by atoms with Crippen molar-refractivity contribution in [2.45, 2.75) is 12.1 Å².